The summed E-state index contributed by atoms with van der Waals surface area (Å²) in [7, 11) is 0. The zero-order chi connectivity index (χ0) is 11.9. The number of piperazine rings is 1. The van der Waals surface area contributed by atoms with E-state index in [1.807, 2.05) is 10.9 Å². The summed E-state index contributed by atoms with van der Waals surface area (Å²) in [6, 6.07) is 0. The van der Waals surface area contributed by atoms with E-state index in [4.69, 9.17) is 4.74 Å². The lowest BCUT2D eigenvalue weighted by molar-refractivity contribution is 0.191. The Morgan fingerprint density at radius 2 is 2.18 bits per heavy atom. The first-order valence-electron chi connectivity index (χ1n) is 6.47. The van der Waals surface area contributed by atoms with Crippen LogP contribution in [0.5, 0.6) is 5.75 Å². The third-order valence-electron chi connectivity index (χ3n) is 2.95. The van der Waals surface area contributed by atoms with E-state index in [-0.39, 0.29) is 0 Å². The number of nitrogens with one attached hydrogen (secondary N) is 1. The molecule has 0 aromatic carbocycles. The SMILES string of the molecule is CCCn1cc(OCCN2CCNCC2)cn1. The first-order valence-corrected chi connectivity index (χ1v) is 6.47. The Morgan fingerprint density at radius 3 is 2.94 bits per heavy atom. The van der Waals surface area contributed by atoms with Gasteiger partial charge in [0.05, 0.1) is 12.4 Å². The van der Waals surface area contributed by atoms with Crippen molar-refractivity contribution in [1.82, 2.24) is 20.0 Å². The van der Waals surface area contributed by atoms with E-state index in [2.05, 4.69) is 22.2 Å². The highest BCUT2D eigenvalue weighted by atomic mass is 16.5. The second-order valence-electron chi connectivity index (χ2n) is 4.38. The summed E-state index contributed by atoms with van der Waals surface area (Å²) in [5.41, 5.74) is 0. The lowest BCUT2D eigenvalue weighted by Gasteiger charge is -2.26. The van der Waals surface area contributed by atoms with E-state index in [1.54, 1.807) is 6.20 Å². The molecular formula is C12H22N4O. The van der Waals surface area contributed by atoms with Gasteiger partial charge in [0.15, 0.2) is 5.75 Å². The summed E-state index contributed by atoms with van der Waals surface area (Å²) in [6.07, 6.45) is 4.87. The first kappa shape index (κ1) is 12.4. The number of hydrogen-bond acceptors (Lipinski definition) is 4. The fourth-order valence-electron chi connectivity index (χ4n) is 2.00. The molecule has 0 saturated carbocycles. The van der Waals surface area contributed by atoms with Gasteiger partial charge < -0.3 is 10.1 Å². The van der Waals surface area contributed by atoms with Gasteiger partial charge in [0, 0.05) is 39.3 Å². The van der Waals surface area contributed by atoms with Gasteiger partial charge in [0.1, 0.15) is 6.61 Å². The van der Waals surface area contributed by atoms with Crippen molar-refractivity contribution in [2.45, 2.75) is 19.9 Å². The van der Waals surface area contributed by atoms with E-state index >= 15 is 0 Å². The zero-order valence-electron chi connectivity index (χ0n) is 10.6. The summed E-state index contributed by atoms with van der Waals surface area (Å²) < 4.78 is 7.62. The van der Waals surface area contributed by atoms with Gasteiger partial charge in [-0.25, -0.2) is 0 Å². The zero-order valence-corrected chi connectivity index (χ0v) is 10.6. The first-order chi connectivity index (χ1) is 8.38. The van der Waals surface area contributed by atoms with Gasteiger partial charge in [0.25, 0.3) is 0 Å². The highest BCUT2D eigenvalue weighted by molar-refractivity contribution is 5.11. The van der Waals surface area contributed by atoms with Crippen LogP contribution in [0.3, 0.4) is 0 Å². The molecule has 17 heavy (non-hydrogen) atoms. The monoisotopic (exact) mass is 238 g/mol. The Balaban J connectivity index is 1.66. The fourth-order valence-corrected chi connectivity index (χ4v) is 2.00. The summed E-state index contributed by atoms with van der Waals surface area (Å²) in [4.78, 5) is 2.42. The molecule has 1 aliphatic heterocycles. The summed E-state index contributed by atoms with van der Waals surface area (Å²) >= 11 is 0. The Labute approximate surface area is 103 Å². The molecule has 1 saturated heterocycles. The lowest BCUT2D eigenvalue weighted by atomic mass is 10.4. The number of aromatic nitrogens is 2. The maximum atomic E-state index is 5.69. The molecule has 1 aromatic heterocycles. The minimum Gasteiger partial charge on any atom is -0.489 e. The summed E-state index contributed by atoms with van der Waals surface area (Å²) in [5.74, 6) is 0.883. The van der Waals surface area contributed by atoms with Gasteiger partial charge >= 0.3 is 0 Å². The number of ether oxygens (including phenoxy) is 1. The predicted octanol–water partition coefficient (Wildman–Crippen LogP) is 0.577. The van der Waals surface area contributed by atoms with Gasteiger partial charge in [-0.05, 0) is 6.42 Å². The second kappa shape index (κ2) is 6.61. The van der Waals surface area contributed by atoms with Crippen LogP contribution in [0, 0.1) is 0 Å². The van der Waals surface area contributed by atoms with Crippen LogP contribution >= 0.6 is 0 Å². The molecule has 0 atom stereocenters. The molecule has 5 heteroatoms. The molecule has 1 aromatic rings. The number of nitrogens with zero attached hydrogens (tertiary/aromatic N) is 3. The van der Waals surface area contributed by atoms with Crippen molar-refractivity contribution in [3.05, 3.63) is 12.4 Å². The van der Waals surface area contributed by atoms with Gasteiger partial charge in [-0.2, -0.15) is 5.10 Å². The van der Waals surface area contributed by atoms with Crippen molar-refractivity contribution < 1.29 is 4.74 Å². The van der Waals surface area contributed by atoms with Crippen molar-refractivity contribution in [1.29, 1.82) is 0 Å². The normalized spacial score (nSPS) is 17.2. The molecule has 0 amide bonds. The molecule has 96 valence electrons. The van der Waals surface area contributed by atoms with E-state index < -0.39 is 0 Å². The van der Waals surface area contributed by atoms with E-state index in [1.165, 1.54) is 0 Å². The molecule has 0 aliphatic carbocycles. The van der Waals surface area contributed by atoms with Crippen LogP contribution in [-0.2, 0) is 6.54 Å². The fraction of sp³-hybridized carbons (Fsp3) is 0.750. The third kappa shape index (κ3) is 4.02. The highest BCUT2D eigenvalue weighted by Crippen LogP contribution is 2.08. The van der Waals surface area contributed by atoms with Crippen LogP contribution in [0.1, 0.15) is 13.3 Å². The molecular weight excluding hydrogens is 216 g/mol. The standard InChI is InChI=1S/C12H22N4O/c1-2-5-16-11-12(10-14-16)17-9-8-15-6-3-13-4-7-15/h10-11,13H,2-9H2,1H3. The number of aryl methyl sites for hydroxylation is 1. The van der Waals surface area contributed by atoms with Crippen LogP contribution in [0.15, 0.2) is 12.4 Å². The van der Waals surface area contributed by atoms with Gasteiger partial charge in [-0.3, -0.25) is 9.58 Å². The lowest BCUT2D eigenvalue weighted by Crippen LogP contribution is -2.44. The second-order valence-corrected chi connectivity index (χ2v) is 4.38. The third-order valence-corrected chi connectivity index (χ3v) is 2.95. The van der Waals surface area contributed by atoms with Crippen molar-refractivity contribution in [2.75, 3.05) is 39.3 Å². The van der Waals surface area contributed by atoms with Crippen LogP contribution in [0.2, 0.25) is 0 Å². The topological polar surface area (TPSA) is 42.3 Å². The van der Waals surface area contributed by atoms with Crippen LogP contribution in [0.25, 0.3) is 0 Å². The van der Waals surface area contributed by atoms with Crippen molar-refractivity contribution in [2.24, 2.45) is 0 Å². The number of rotatable bonds is 6. The smallest absolute Gasteiger partial charge is 0.157 e. The Bertz CT molecular complexity index is 320. The Morgan fingerprint density at radius 1 is 1.35 bits per heavy atom. The molecule has 0 bridgehead atoms. The van der Waals surface area contributed by atoms with E-state index in [0.717, 1.165) is 58.0 Å². The quantitative estimate of drug-likeness (QED) is 0.787. The molecule has 5 nitrogen and oxygen atoms in total. The van der Waals surface area contributed by atoms with Crippen molar-refractivity contribution >= 4 is 0 Å². The van der Waals surface area contributed by atoms with Crippen LogP contribution in [0.4, 0.5) is 0 Å². The minimum absolute atomic E-state index is 0.748. The molecule has 1 aliphatic rings. The molecule has 2 rings (SSSR count). The molecule has 2 heterocycles. The molecule has 1 fully saturated rings. The van der Waals surface area contributed by atoms with Crippen LogP contribution in [-0.4, -0.2) is 54.0 Å². The summed E-state index contributed by atoms with van der Waals surface area (Å²) in [5, 5.41) is 7.58. The van der Waals surface area contributed by atoms with Gasteiger partial charge in [-0.15, -0.1) is 0 Å². The Kier molecular flexibility index (Phi) is 4.82. The molecule has 0 unspecified atom stereocenters. The van der Waals surface area contributed by atoms with Crippen LogP contribution < -0.4 is 10.1 Å². The largest absolute Gasteiger partial charge is 0.489 e. The molecule has 0 radical (unpaired) electrons. The van der Waals surface area contributed by atoms with Crippen molar-refractivity contribution in [3.8, 4) is 5.75 Å². The van der Waals surface area contributed by atoms with Gasteiger partial charge in [-0.1, -0.05) is 6.92 Å². The van der Waals surface area contributed by atoms with E-state index in [9.17, 15) is 0 Å². The summed E-state index contributed by atoms with van der Waals surface area (Å²) in [6.45, 7) is 9.28. The average molecular weight is 238 g/mol. The molecule has 0 spiro atoms. The molecule has 1 N–H and O–H groups in total. The van der Waals surface area contributed by atoms with Gasteiger partial charge in [0.2, 0.25) is 0 Å². The predicted molar refractivity (Wildman–Crippen MR) is 67.3 cm³/mol. The highest BCUT2D eigenvalue weighted by Gasteiger charge is 2.09. The average Bonchev–Trinajstić information content (AvgIpc) is 2.79. The van der Waals surface area contributed by atoms with E-state index in [0.29, 0.717) is 0 Å². The Hall–Kier alpha value is -1.07. The maximum absolute atomic E-state index is 5.69. The number of hydrogen-bond donors (Lipinski definition) is 1. The van der Waals surface area contributed by atoms with Crippen molar-refractivity contribution in [3.63, 3.8) is 0 Å². The maximum Gasteiger partial charge on any atom is 0.157 e. The minimum atomic E-state index is 0.748.